The lowest BCUT2D eigenvalue weighted by Crippen LogP contribution is -2.39. The van der Waals surface area contributed by atoms with Gasteiger partial charge in [-0.25, -0.2) is 0 Å². The van der Waals surface area contributed by atoms with Crippen LogP contribution in [0.2, 0.25) is 5.02 Å². The first-order valence-electron chi connectivity index (χ1n) is 5.25. The van der Waals surface area contributed by atoms with Gasteiger partial charge in [0.2, 0.25) is 0 Å². The van der Waals surface area contributed by atoms with Crippen molar-refractivity contribution in [1.82, 2.24) is 5.32 Å². The molecule has 0 amide bonds. The van der Waals surface area contributed by atoms with Gasteiger partial charge < -0.3 is 4.74 Å². The first-order valence-corrected chi connectivity index (χ1v) is 5.62. The van der Waals surface area contributed by atoms with Crippen LogP contribution in [-0.4, -0.2) is 18.4 Å². The zero-order valence-electron chi connectivity index (χ0n) is 9.09. The van der Waals surface area contributed by atoms with E-state index in [0.717, 1.165) is 18.0 Å². The van der Waals surface area contributed by atoms with Gasteiger partial charge in [0.15, 0.2) is 0 Å². The topological polar surface area (TPSA) is 21.3 Å². The zero-order chi connectivity index (χ0) is 10.9. The maximum Gasteiger partial charge on any atom is 0.120 e. The molecule has 0 aliphatic carbocycles. The summed E-state index contributed by atoms with van der Waals surface area (Å²) in [5, 5.41) is 4.17. The third-order valence-corrected chi connectivity index (χ3v) is 2.93. The second-order valence-electron chi connectivity index (χ2n) is 4.34. The van der Waals surface area contributed by atoms with Gasteiger partial charge in [0.05, 0.1) is 6.10 Å². The highest BCUT2D eigenvalue weighted by atomic mass is 35.5. The molecule has 15 heavy (non-hydrogen) atoms. The summed E-state index contributed by atoms with van der Waals surface area (Å²) in [6, 6.07) is 7.92. The zero-order valence-corrected chi connectivity index (χ0v) is 9.84. The lowest BCUT2D eigenvalue weighted by molar-refractivity contribution is -0.0292. The highest BCUT2D eigenvalue weighted by Crippen LogP contribution is 2.22. The molecule has 1 fully saturated rings. The van der Waals surface area contributed by atoms with E-state index in [0.29, 0.717) is 6.10 Å². The molecule has 1 N–H and O–H groups in total. The van der Waals surface area contributed by atoms with E-state index in [-0.39, 0.29) is 5.72 Å². The molecular weight excluding hydrogens is 210 g/mol. The molecule has 1 aliphatic rings. The molecule has 0 aromatic heterocycles. The van der Waals surface area contributed by atoms with Crippen LogP contribution in [0.25, 0.3) is 0 Å². The van der Waals surface area contributed by atoms with Crippen molar-refractivity contribution in [3.8, 4) is 0 Å². The van der Waals surface area contributed by atoms with Gasteiger partial charge >= 0.3 is 0 Å². The highest BCUT2D eigenvalue weighted by Gasteiger charge is 2.33. The Hall–Kier alpha value is -0.570. The molecule has 82 valence electrons. The van der Waals surface area contributed by atoms with Crippen LogP contribution in [0.1, 0.15) is 19.4 Å². The summed E-state index contributed by atoms with van der Waals surface area (Å²) in [6.45, 7) is 5.09. The van der Waals surface area contributed by atoms with E-state index in [1.165, 1.54) is 5.56 Å². The molecule has 2 unspecified atom stereocenters. The normalized spacial score (nSPS) is 30.7. The monoisotopic (exact) mass is 225 g/mol. The molecule has 0 bridgehead atoms. The standard InChI is InChI=1S/C12H16ClNO/c1-9-8-14-12(2,15-9)7-10-3-5-11(13)6-4-10/h3-6,9,14H,7-8H2,1-2H3. The number of hydrogen-bond donors (Lipinski definition) is 1. The van der Waals surface area contributed by atoms with E-state index in [4.69, 9.17) is 16.3 Å². The van der Waals surface area contributed by atoms with E-state index in [1.807, 2.05) is 24.3 Å². The summed E-state index contributed by atoms with van der Waals surface area (Å²) in [7, 11) is 0. The average molecular weight is 226 g/mol. The summed E-state index contributed by atoms with van der Waals surface area (Å²) in [6.07, 6.45) is 1.16. The fourth-order valence-corrected chi connectivity index (χ4v) is 2.11. The van der Waals surface area contributed by atoms with Gasteiger partial charge in [-0.1, -0.05) is 23.7 Å². The SMILES string of the molecule is CC1CNC(C)(Cc2ccc(Cl)cc2)O1. The van der Waals surface area contributed by atoms with Gasteiger partial charge in [-0.15, -0.1) is 0 Å². The smallest absolute Gasteiger partial charge is 0.120 e. The van der Waals surface area contributed by atoms with Crippen LogP contribution < -0.4 is 5.32 Å². The fourth-order valence-electron chi connectivity index (χ4n) is 1.98. The Morgan fingerprint density at radius 2 is 2.13 bits per heavy atom. The Labute approximate surface area is 95.6 Å². The van der Waals surface area contributed by atoms with Gasteiger partial charge in [0.1, 0.15) is 5.72 Å². The molecule has 2 atom stereocenters. The Kier molecular flexibility index (Phi) is 3.01. The van der Waals surface area contributed by atoms with E-state index in [1.54, 1.807) is 0 Å². The number of halogens is 1. The van der Waals surface area contributed by atoms with Crippen molar-refractivity contribution in [2.45, 2.75) is 32.1 Å². The molecular formula is C12H16ClNO. The van der Waals surface area contributed by atoms with Crippen LogP contribution in [0, 0.1) is 0 Å². The number of hydrogen-bond acceptors (Lipinski definition) is 2. The Balaban J connectivity index is 2.05. The average Bonchev–Trinajstić information content (AvgIpc) is 2.50. The first kappa shape index (κ1) is 10.9. The van der Waals surface area contributed by atoms with Gasteiger partial charge in [0.25, 0.3) is 0 Å². The summed E-state index contributed by atoms with van der Waals surface area (Å²) in [4.78, 5) is 0. The molecule has 1 heterocycles. The van der Waals surface area contributed by atoms with Gasteiger partial charge in [-0.05, 0) is 31.5 Å². The van der Waals surface area contributed by atoms with Gasteiger partial charge in [-0.3, -0.25) is 5.32 Å². The summed E-state index contributed by atoms with van der Waals surface area (Å²) in [5.41, 5.74) is 1.01. The first-order chi connectivity index (χ1) is 7.07. The van der Waals surface area contributed by atoms with Crippen molar-refractivity contribution in [3.63, 3.8) is 0 Å². The van der Waals surface area contributed by atoms with Crippen molar-refractivity contribution in [3.05, 3.63) is 34.9 Å². The third-order valence-electron chi connectivity index (χ3n) is 2.68. The lowest BCUT2D eigenvalue weighted by atomic mass is 10.0. The van der Waals surface area contributed by atoms with Crippen LogP contribution in [0.4, 0.5) is 0 Å². The maximum absolute atomic E-state index is 5.84. The van der Waals surface area contributed by atoms with Crippen molar-refractivity contribution in [1.29, 1.82) is 0 Å². The van der Waals surface area contributed by atoms with Crippen molar-refractivity contribution >= 4 is 11.6 Å². The number of ether oxygens (including phenoxy) is 1. The maximum atomic E-state index is 5.84. The summed E-state index contributed by atoms with van der Waals surface area (Å²) < 4.78 is 5.84. The van der Waals surface area contributed by atoms with Crippen molar-refractivity contribution in [2.24, 2.45) is 0 Å². The largest absolute Gasteiger partial charge is 0.356 e. The molecule has 0 radical (unpaired) electrons. The van der Waals surface area contributed by atoms with E-state index < -0.39 is 0 Å². The van der Waals surface area contributed by atoms with Crippen LogP contribution in [0.5, 0.6) is 0 Å². The molecule has 1 saturated heterocycles. The minimum absolute atomic E-state index is 0.229. The second kappa shape index (κ2) is 4.12. The molecule has 1 aliphatic heterocycles. The predicted octanol–water partition coefficient (Wildman–Crippen LogP) is 2.61. The Morgan fingerprint density at radius 3 is 2.67 bits per heavy atom. The molecule has 3 heteroatoms. The van der Waals surface area contributed by atoms with E-state index >= 15 is 0 Å². The van der Waals surface area contributed by atoms with Crippen molar-refractivity contribution < 1.29 is 4.74 Å². The molecule has 2 nitrogen and oxygen atoms in total. The Bertz CT molecular complexity index is 338. The van der Waals surface area contributed by atoms with Crippen LogP contribution >= 0.6 is 11.6 Å². The number of nitrogens with one attached hydrogen (secondary N) is 1. The summed E-state index contributed by atoms with van der Waals surface area (Å²) >= 11 is 5.84. The van der Waals surface area contributed by atoms with Gasteiger partial charge in [0, 0.05) is 18.0 Å². The van der Waals surface area contributed by atoms with Crippen molar-refractivity contribution in [2.75, 3.05) is 6.54 Å². The predicted molar refractivity (Wildman–Crippen MR) is 62.1 cm³/mol. The number of rotatable bonds is 2. The van der Waals surface area contributed by atoms with Gasteiger partial charge in [-0.2, -0.15) is 0 Å². The molecule has 0 saturated carbocycles. The minimum Gasteiger partial charge on any atom is -0.356 e. The van der Waals surface area contributed by atoms with Crippen LogP contribution in [-0.2, 0) is 11.2 Å². The van der Waals surface area contributed by atoms with Crippen LogP contribution in [0.3, 0.4) is 0 Å². The Morgan fingerprint density at radius 1 is 1.47 bits per heavy atom. The molecule has 2 rings (SSSR count). The number of benzene rings is 1. The quantitative estimate of drug-likeness (QED) is 0.836. The fraction of sp³-hybridized carbons (Fsp3) is 0.500. The third kappa shape index (κ3) is 2.71. The highest BCUT2D eigenvalue weighted by molar-refractivity contribution is 6.30. The molecule has 1 aromatic carbocycles. The minimum atomic E-state index is -0.229. The van der Waals surface area contributed by atoms with Crippen LogP contribution in [0.15, 0.2) is 24.3 Å². The van der Waals surface area contributed by atoms with E-state index in [2.05, 4.69) is 19.2 Å². The molecule has 1 aromatic rings. The second-order valence-corrected chi connectivity index (χ2v) is 4.78. The van der Waals surface area contributed by atoms with E-state index in [9.17, 15) is 0 Å². The summed E-state index contributed by atoms with van der Waals surface area (Å²) in [5.74, 6) is 0. The lowest BCUT2D eigenvalue weighted by Gasteiger charge is -2.24. The molecule has 0 spiro atoms.